The topological polar surface area (TPSA) is 34.1 Å². The summed E-state index contributed by atoms with van der Waals surface area (Å²) < 4.78 is 1.13. The lowest BCUT2D eigenvalue weighted by atomic mass is 9.94. The van der Waals surface area contributed by atoms with Crippen molar-refractivity contribution in [1.82, 2.24) is 0 Å². The summed E-state index contributed by atoms with van der Waals surface area (Å²) in [4.78, 5) is 22.5. The molecule has 0 radical (unpaired) electrons. The van der Waals surface area contributed by atoms with Gasteiger partial charge in [-0.25, -0.2) is 0 Å². The smallest absolute Gasteiger partial charge is 0.193 e. The summed E-state index contributed by atoms with van der Waals surface area (Å²) >= 11 is 6.39. The van der Waals surface area contributed by atoms with Gasteiger partial charge in [0.1, 0.15) is 0 Å². The van der Waals surface area contributed by atoms with Crippen LogP contribution in [0.3, 0.4) is 0 Å². The van der Waals surface area contributed by atoms with Crippen LogP contribution in [0.5, 0.6) is 0 Å². The van der Waals surface area contributed by atoms with Crippen LogP contribution < -0.4 is 0 Å². The Morgan fingerprint density at radius 2 is 1.57 bits per heavy atom. The van der Waals surface area contributed by atoms with Crippen LogP contribution in [0.15, 0.2) is 44.4 Å². The highest BCUT2D eigenvalue weighted by Crippen LogP contribution is 2.34. The number of carbonyl (C=O) groups is 2. The third kappa shape index (κ3) is 1.60. The van der Waals surface area contributed by atoms with Gasteiger partial charge in [0.05, 0.1) is 4.48 Å². The third-order valence-electron chi connectivity index (χ3n) is 1.93. The molecule has 0 atom stereocenters. The normalized spacial score (nSPS) is 20.7. The molecule has 0 aromatic rings. The fourth-order valence-corrected chi connectivity index (χ4v) is 2.22. The van der Waals surface area contributed by atoms with Crippen LogP contribution >= 0.6 is 31.9 Å². The lowest BCUT2D eigenvalue weighted by Gasteiger charge is -2.15. The summed E-state index contributed by atoms with van der Waals surface area (Å²) in [5.74, 6) is -0.160. The molecule has 2 rings (SSSR count). The molecule has 2 aliphatic rings. The van der Waals surface area contributed by atoms with Crippen LogP contribution in [0, 0.1) is 0 Å². The van der Waals surface area contributed by atoms with E-state index in [1.165, 1.54) is 18.2 Å². The van der Waals surface area contributed by atoms with Crippen molar-refractivity contribution in [3.05, 3.63) is 44.4 Å². The second-order valence-corrected chi connectivity index (χ2v) is 4.62. The van der Waals surface area contributed by atoms with E-state index in [-0.39, 0.29) is 11.6 Å². The van der Waals surface area contributed by atoms with Gasteiger partial charge in [0.15, 0.2) is 11.6 Å². The van der Waals surface area contributed by atoms with Gasteiger partial charge < -0.3 is 0 Å². The molecule has 14 heavy (non-hydrogen) atoms. The van der Waals surface area contributed by atoms with Crippen LogP contribution in [-0.4, -0.2) is 11.6 Å². The van der Waals surface area contributed by atoms with Gasteiger partial charge in [0.25, 0.3) is 0 Å². The van der Waals surface area contributed by atoms with Gasteiger partial charge >= 0.3 is 0 Å². The molecule has 2 nitrogen and oxygen atoms in total. The Kier molecular flexibility index (Phi) is 2.41. The van der Waals surface area contributed by atoms with E-state index < -0.39 is 0 Å². The maximum absolute atomic E-state index is 11.3. The van der Waals surface area contributed by atoms with E-state index in [1.54, 1.807) is 6.08 Å². The highest BCUT2D eigenvalue weighted by molar-refractivity contribution is 9.12. The van der Waals surface area contributed by atoms with Crippen molar-refractivity contribution in [2.45, 2.75) is 0 Å². The lowest BCUT2D eigenvalue weighted by molar-refractivity contribution is -0.111. The number of fused-ring (bicyclic) bond motifs is 1. The molecular formula is C10H4Br2O2. The van der Waals surface area contributed by atoms with Crippen LogP contribution in [0.1, 0.15) is 0 Å². The van der Waals surface area contributed by atoms with Crippen molar-refractivity contribution in [2.24, 2.45) is 0 Å². The monoisotopic (exact) mass is 314 g/mol. The number of hydrogen-bond acceptors (Lipinski definition) is 2. The van der Waals surface area contributed by atoms with E-state index in [4.69, 9.17) is 0 Å². The second-order valence-electron chi connectivity index (χ2n) is 2.91. The third-order valence-corrected chi connectivity index (χ3v) is 3.20. The minimum Gasteiger partial charge on any atom is -0.290 e. The molecule has 0 unspecified atom stereocenters. The molecule has 0 aromatic carbocycles. The molecular weight excluding hydrogens is 312 g/mol. The first kappa shape index (κ1) is 9.80. The van der Waals surface area contributed by atoms with E-state index >= 15 is 0 Å². The SMILES string of the molecule is O=C1C=C(Br)C2=CC(=O)C(Br)=CC2=C1. The molecule has 0 saturated carbocycles. The molecule has 0 saturated heterocycles. The van der Waals surface area contributed by atoms with Gasteiger partial charge in [-0.1, -0.05) is 15.9 Å². The minimum absolute atomic E-state index is 0.0741. The van der Waals surface area contributed by atoms with Crippen molar-refractivity contribution in [3.63, 3.8) is 0 Å². The molecule has 0 N–H and O–H groups in total. The fourth-order valence-electron chi connectivity index (χ4n) is 1.29. The van der Waals surface area contributed by atoms with Crippen LogP contribution in [0.4, 0.5) is 0 Å². The number of halogens is 2. The Balaban J connectivity index is 2.56. The van der Waals surface area contributed by atoms with E-state index in [0.717, 1.165) is 11.1 Å². The molecule has 0 amide bonds. The summed E-state index contributed by atoms with van der Waals surface area (Å²) in [6.45, 7) is 0. The number of rotatable bonds is 0. The Morgan fingerprint density at radius 3 is 2.29 bits per heavy atom. The number of allylic oxidation sites excluding steroid dienone is 8. The van der Waals surface area contributed by atoms with Crippen molar-refractivity contribution >= 4 is 43.4 Å². The van der Waals surface area contributed by atoms with Crippen LogP contribution in [0.25, 0.3) is 0 Å². The first-order valence-corrected chi connectivity index (χ1v) is 5.43. The van der Waals surface area contributed by atoms with Crippen molar-refractivity contribution in [1.29, 1.82) is 0 Å². The zero-order chi connectivity index (χ0) is 10.3. The predicted octanol–water partition coefficient (Wildman–Crippen LogP) is 2.56. The Labute approximate surface area is 97.3 Å². The molecule has 0 aliphatic heterocycles. The number of carbonyl (C=O) groups excluding carboxylic acids is 2. The predicted molar refractivity (Wildman–Crippen MR) is 60.2 cm³/mol. The van der Waals surface area contributed by atoms with E-state index in [0.29, 0.717) is 8.96 Å². The summed E-state index contributed by atoms with van der Waals surface area (Å²) in [5, 5.41) is 0. The Morgan fingerprint density at radius 1 is 0.857 bits per heavy atom. The zero-order valence-corrected chi connectivity index (χ0v) is 10.1. The quantitative estimate of drug-likeness (QED) is 0.688. The van der Waals surface area contributed by atoms with E-state index in [2.05, 4.69) is 31.9 Å². The summed E-state index contributed by atoms with van der Waals surface area (Å²) in [6, 6.07) is 0. The summed E-state index contributed by atoms with van der Waals surface area (Å²) in [6.07, 6.45) is 6.12. The standard InChI is InChI=1S/C10H4Br2O2/c11-8-3-6(13)1-5-2-9(12)10(14)4-7(5)8/h1-4H. The molecule has 0 spiro atoms. The van der Waals surface area contributed by atoms with Gasteiger partial charge in [0, 0.05) is 16.1 Å². The van der Waals surface area contributed by atoms with Crippen molar-refractivity contribution in [2.75, 3.05) is 0 Å². The van der Waals surface area contributed by atoms with Gasteiger partial charge in [-0.05, 0) is 39.7 Å². The van der Waals surface area contributed by atoms with Gasteiger partial charge in [-0.3, -0.25) is 9.59 Å². The highest BCUT2D eigenvalue weighted by Gasteiger charge is 2.21. The lowest BCUT2D eigenvalue weighted by Crippen LogP contribution is -2.08. The Bertz CT molecular complexity index is 465. The maximum atomic E-state index is 11.3. The summed E-state index contributed by atoms with van der Waals surface area (Å²) in [5.41, 5.74) is 1.52. The molecule has 4 heteroatoms. The molecule has 2 aliphatic carbocycles. The maximum Gasteiger partial charge on any atom is 0.193 e. The molecule has 0 aromatic heterocycles. The van der Waals surface area contributed by atoms with E-state index in [9.17, 15) is 9.59 Å². The van der Waals surface area contributed by atoms with Crippen LogP contribution in [0.2, 0.25) is 0 Å². The van der Waals surface area contributed by atoms with Gasteiger partial charge in [-0.15, -0.1) is 0 Å². The van der Waals surface area contributed by atoms with E-state index in [1.807, 2.05) is 0 Å². The molecule has 0 heterocycles. The first-order valence-electron chi connectivity index (χ1n) is 3.85. The average molecular weight is 316 g/mol. The van der Waals surface area contributed by atoms with Crippen molar-refractivity contribution < 1.29 is 9.59 Å². The fraction of sp³-hybridized carbons (Fsp3) is 0. The Hall–Kier alpha value is -0.740. The minimum atomic E-state index is -0.0863. The largest absolute Gasteiger partial charge is 0.290 e. The first-order chi connectivity index (χ1) is 6.58. The second kappa shape index (κ2) is 3.44. The van der Waals surface area contributed by atoms with Crippen LogP contribution in [-0.2, 0) is 9.59 Å². The summed E-state index contributed by atoms with van der Waals surface area (Å²) in [7, 11) is 0. The average Bonchev–Trinajstić information content (AvgIpc) is 2.08. The molecule has 0 fully saturated rings. The molecule has 0 bridgehead atoms. The number of ketones is 2. The highest BCUT2D eigenvalue weighted by atomic mass is 79.9. The molecule has 70 valence electrons. The zero-order valence-electron chi connectivity index (χ0n) is 6.88. The van der Waals surface area contributed by atoms with Crippen molar-refractivity contribution in [3.8, 4) is 0 Å². The van der Waals surface area contributed by atoms with Gasteiger partial charge in [0.2, 0.25) is 0 Å². The van der Waals surface area contributed by atoms with Gasteiger partial charge in [-0.2, -0.15) is 0 Å². The number of hydrogen-bond donors (Lipinski definition) is 0.